The van der Waals surface area contributed by atoms with Crippen molar-refractivity contribution in [2.45, 2.75) is 9.79 Å². The number of nitrogens with zero attached hydrogens (tertiary/aromatic N) is 2. The molecule has 146 valence electrons. The maximum absolute atomic E-state index is 5.02. The molecule has 0 aliphatic heterocycles. The summed E-state index contributed by atoms with van der Waals surface area (Å²) in [6, 6.07) is 35.8. The highest BCUT2D eigenvalue weighted by atomic mass is 32.1. The maximum atomic E-state index is 5.02. The van der Waals surface area contributed by atoms with Crippen LogP contribution in [0.15, 0.2) is 129 Å². The molecule has 0 aromatic heterocycles. The smallest absolute Gasteiger partial charge is 0.0972 e. The number of para-hydroxylation sites is 2. The second-order valence-electron chi connectivity index (χ2n) is 6.63. The van der Waals surface area contributed by atoms with Gasteiger partial charge in [0, 0.05) is 20.9 Å². The molecule has 0 saturated heterocycles. The first-order valence-electron chi connectivity index (χ1n) is 9.57. The van der Waals surface area contributed by atoms with Crippen molar-refractivity contribution < 1.29 is 0 Å². The van der Waals surface area contributed by atoms with E-state index in [1.807, 2.05) is 109 Å². The quantitative estimate of drug-likeness (QED) is 0.250. The number of rotatable bonds is 5. The fraction of sp³-hybridized carbons (Fsp3) is 0. The van der Waals surface area contributed by atoms with Gasteiger partial charge in [-0.05, 0) is 24.3 Å². The van der Waals surface area contributed by atoms with Gasteiger partial charge in [0.2, 0.25) is 0 Å². The third-order valence-corrected chi connectivity index (χ3v) is 5.30. The van der Waals surface area contributed by atoms with Crippen molar-refractivity contribution in [2.75, 3.05) is 0 Å². The van der Waals surface area contributed by atoms with Gasteiger partial charge in [-0.25, -0.2) is 9.98 Å². The zero-order valence-corrected chi connectivity index (χ0v) is 18.0. The highest BCUT2D eigenvalue weighted by Gasteiger charge is 2.16. The van der Waals surface area contributed by atoms with E-state index in [4.69, 9.17) is 9.98 Å². The Labute approximate surface area is 187 Å². The van der Waals surface area contributed by atoms with Gasteiger partial charge < -0.3 is 0 Å². The van der Waals surface area contributed by atoms with Crippen LogP contribution in [0.25, 0.3) is 0 Å². The molecular weight excluding hydrogens is 404 g/mol. The Hall–Kier alpha value is -3.08. The summed E-state index contributed by atoms with van der Waals surface area (Å²) in [5.41, 5.74) is 5.10. The molecule has 0 spiro atoms. The molecule has 30 heavy (non-hydrogen) atoms. The number of aliphatic imine (C=N–C) groups is 2. The van der Waals surface area contributed by atoms with E-state index < -0.39 is 0 Å². The van der Waals surface area contributed by atoms with Crippen molar-refractivity contribution in [1.82, 2.24) is 0 Å². The summed E-state index contributed by atoms with van der Waals surface area (Å²) in [6.45, 7) is 0. The molecule has 4 rings (SSSR count). The number of hydrogen-bond acceptors (Lipinski definition) is 4. The predicted molar refractivity (Wildman–Crippen MR) is 133 cm³/mol. The van der Waals surface area contributed by atoms with E-state index in [9.17, 15) is 0 Å². The molecule has 0 atom stereocenters. The van der Waals surface area contributed by atoms with Crippen LogP contribution in [0.4, 0.5) is 11.4 Å². The molecule has 0 heterocycles. The molecule has 4 aromatic carbocycles. The van der Waals surface area contributed by atoms with Gasteiger partial charge in [-0.3, -0.25) is 0 Å². The van der Waals surface area contributed by atoms with Crippen molar-refractivity contribution in [3.63, 3.8) is 0 Å². The van der Waals surface area contributed by atoms with Crippen molar-refractivity contribution >= 4 is 48.1 Å². The van der Waals surface area contributed by atoms with Crippen LogP contribution in [-0.2, 0) is 0 Å². The summed E-state index contributed by atoms with van der Waals surface area (Å²) in [5, 5.41) is 0. The molecule has 4 heteroatoms. The molecule has 0 saturated carbocycles. The predicted octanol–water partition coefficient (Wildman–Crippen LogP) is 7.21. The summed E-state index contributed by atoms with van der Waals surface area (Å²) in [7, 11) is 0. The summed E-state index contributed by atoms with van der Waals surface area (Å²) >= 11 is 9.19. The molecule has 0 N–H and O–H groups in total. The molecule has 0 bridgehead atoms. The molecule has 0 unspecified atom stereocenters. The second kappa shape index (κ2) is 9.61. The Morgan fingerprint density at radius 1 is 0.433 bits per heavy atom. The Morgan fingerprint density at radius 2 is 0.767 bits per heavy atom. The van der Waals surface area contributed by atoms with Gasteiger partial charge >= 0.3 is 0 Å². The van der Waals surface area contributed by atoms with Crippen LogP contribution in [0.5, 0.6) is 0 Å². The van der Waals surface area contributed by atoms with E-state index in [2.05, 4.69) is 25.3 Å². The van der Waals surface area contributed by atoms with Crippen LogP contribution in [0.3, 0.4) is 0 Å². The Bertz CT molecular complexity index is 1100. The average molecular weight is 425 g/mol. The molecule has 0 aliphatic rings. The lowest BCUT2D eigenvalue weighted by Gasteiger charge is -2.13. The summed E-state index contributed by atoms with van der Waals surface area (Å²) in [6.07, 6.45) is 0. The number of hydrogen-bond donors (Lipinski definition) is 2. The summed E-state index contributed by atoms with van der Waals surface area (Å²) in [5.74, 6) is 0. The van der Waals surface area contributed by atoms with E-state index in [0.29, 0.717) is 0 Å². The third-order valence-electron chi connectivity index (χ3n) is 4.55. The van der Waals surface area contributed by atoms with Gasteiger partial charge in [-0.15, -0.1) is 25.3 Å². The Balaban J connectivity index is 1.99. The number of benzene rings is 4. The topological polar surface area (TPSA) is 24.7 Å². The zero-order valence-electron chi connectivity index (χ0n) is 16.2. The largest absolute Gasteiger partial charge is 0.245 e. The van der Waals surface area contributed by atoms with Gasteiger partial charge in [0.1, 0.15) is 0 Å². The molecule has 4 aromatic rings. The maximum Gasteiger partial charge on any atom is 0.0972 e. The molecule has 0 radical (unpaired) electrons. The number of thiol groups is 2. The first kappa shape index (κ1) is 20.2. The fourth-order valence-corrected chi connectivity index (χ4v) is 3.48. The van der Waals surface area contributed by atoms with Crippen LogP contribution in [0.2, 0.25) is 0 Å². The third kappa shape index (κ3) is 4.73. The molecule has 0 amide bonds. The van der Waals surface area contributed by atoms with Gasteiger partial charge in [0.25, 0.3) is 0 Å². The fourth-order valence-electron chi connectivity index (χ4n) is 3.06. The van der Waals surface area contributed by atoms with Gasteiger partial charge in [-0.2, -0.15) is 0 Å². The highest BCUT2D eigenvalue weighted by Crippen LogP contribution is 2.27. The van der Waals surface area contributed by atoms with Crippen LogP contribution in [0, 0.1) is 0 Å². The molecular formula is C26H20N2S2. The minimum absolute atomic E-state index is 0.778. The molecule has 0 aliphatic carbocycles. The second-order valence-corrected chi connectivity index (χ2v) is 7.59. The van der Waals surface area contributed by atoms with Gasteiger partial charge in [0.05, 0.1) is 22.8 Å². The van der Waals surface area contributed by atoms with Crippen LogP contribution >= 0.6 is 25.3 Å². The van der Waals surface area contributed by atoms with Crippen LogP contribution < -0.4 is 0 Å². The molecule has 2 nitrogen and oxygen atoms in total. The monoisotopic (exact) mass is 424 g/mol. The summed E-state index contributed by atoms with van der Waals surface area (Å²) < 4.78 is 0. The minimum atomic E-state index is 0.778. The lowest BCUT2D eigenvalue weighted by molar-refractivity contribution is 1.36. The van der Waals surface area contributed by atoms with Gasteiger partial charge in [0.15, 0.2) is 0 Å². The first-order chi connectivity index (χ1) is 14.7. The van der Waals surface area contributed by atoms with E-state index in [-0.39, 0.29) is 0 Å². The van der Waals surface area contributed by atoms with Gasteiger partial charge in [-0.1, -0.05) is 84.9 Å². The average Bonchev–Trinajstić information content (AvgIpc) is 2.80. The standard InChI is InChI=1S/C26H20N2S2/c29-23-17-9-7-15-21(23)27-25(19-11-3-1-4-12-19)26(20-13-5-2-6-14-20)28-22-16-8-10-18-24(22)30/h1-18,29-30H. The minimum Gasteiger partial charge on any atom is -0.245 e. The highest BCUT2D eigenvalue weighted by molar-refractivity contribution is 7.80. The van der Waals surface area contributed by atoms with Crippen molar-refractivity contribution in [3.8, 4) is 0 Å². The Kier molecular flexibility index (Phi) is 6.47. The lowest BCUT2D eigenvalue weighted by Crippen LogP contribution is -2.17. The van der Waals surface area contributed by atoms with Crippen LogP contribution in [-0.4, -0.2) is 11.4 Å². The van der Waals surface area contributed by atoms with Crippen LogP contribution in [0.1, 0.15) is 11.1 Å². The van der Waals surface area contributed by atoms with E-state index in [1.54, 1.807) is 0 Å². The van der Waals surface area contributed by atoms with E-state index in [0.717, 1.165) is 43.7 Å². The Morgan fingerprint density at radius 3 is 1.13 bits per heavy atom. The summed E-state index contributed by atoms with van der Waals surface area (Å²) in [4.78, 5) is 11.7. The van der Waals surface area contributed by atoms with E-state index >= 15 is 0 Å². The molecule has 0 fully saturated rings. The SMILES string of the molecule is Sc1ccccc1N=C(C(=Nc1ccccc1S)c1ccccc1)c1ccccc1. The van der Waals surface area contributed by atoms with Crippen molar-refractivity contribution in [3.05, 3.63) is 120 Å². The van der Waals surface area contributed by atoms with Crippen molar-refractivity contribution in [1.29, 1.82) is 0 Å². The zero-order chi connectivity index (χ0) is 20.8. The first-order valence-corrected chi connectivity index (χ1v) is 10.5. The lowest BCUT2D eigenvalue weighted by atomic mass is 9.99. The normalized spacial score (nSPS) is 12.1. The van der Waals surface area contributed by atoms with E-state index in [1.165, 1.54) is 0 Å². The van der Waals surface area contributed by atoms with Crippen molar-refractivity contribution in [2.24, 2.45) is 9.98 Å².